The standard InChI is InChI=1S/C14H18N2O2/c1-3-14(4-2,16(17)18)9-11-10-15-13-8-6-5-7-12(11)13/h5-8,10,15H,3-4,9H2,1-2H3. The molecule has 1 aromatic heterocycles. The summed E-state index contributed by atoms with van der Waals surface area (Å²) in [6, 6.07) is 7.93. The molecule has 0 aliphatic carbocycles. The highest BCUT2D eigenvalue weighted by Crippen LogP contribution is 2.28. The normalized spacial score (nSPS) is 11.9. The Morgan fingerprint density at radius 2 is 1.94 bits per heavy atom. The molecule has 2 aromatic rings. The molecule has 0 aliphatic heterocycles. The highest BCUT2D eigenvalue weighted by atomic mass is 16.6. The molecule has 0 spiro atoms. The van der Waals surface area contributed by atoms with Gasteiger partial charge in [-0.15, -0.1) is 0 Å². The summed E-state index contributed by atoms with van der Waals surface area (Å²) in [5.74, 6) is 0. The Morgan fingerprint density at radius 1 is 1.28 bits per heavy atom. The Balaban J connectivity index is 2.40. The lowest BCUT2D eigenvalue weighted by Gasteiger charge is -2.22. The Hall–Kier alpha value is -1.84. The van der Waals surface area contributed by atoms with E-state index in [4.69, 9.17) is 0 Å². The maximum absolute atomic E-state index is 11.3. The van der Waals surface area contributed by atoms with Crippen molar-refractivity contribution in [2.75, 3.05) is 0 Å². The molecule has 0 saturated carbocycles. The largest absolute Gasteiger partial charge is 0.361 e. The van der Waals surface area contributed by atoms with Crippen LogP contribution < -0.4 is 0 Å². The molecular weight excluding hydrogens is 228 g/mol. The van der Waals surface area contributed by atoms with E-state index in [2.05, 4.69) is 4.98 Å². The van der Waals surface area contributed by atoms with Gasteiger partial charge in [-0.25, -0.2) is 0 Å². The molecule has 1 aromatic carbocycles. The first-order chi connectivity index (χ1) is 8.63. The number of rotatable bonds is 5. The van der Waals surface area contributed by atoms with Crippen molar-refractivity contribution >= 4 is 10.9 Å². The van der Waals surface area contributed by atoms with Crippen LogP contribution in [0.5, 0.6) is 0 Å². The van der Waals surface area contributed by atoms with Crippen LogP contribution in [0.2, 0.25) is 0 Å². The summed E-state index contributed by atoms with van der Waals surface area (Å²) in [5.41, 5.74) is 1.23. The summed E-state index contributed by atoms with van der Waals surface area (Å²) in [7, 11) is 0. The van der Waals surface area contributed by atoms with Crippen LogP contribution in [0.15, 0.2) is 30.5 Å². The zero-order valence-corrected chi connectivity index (χ0v) is 10.8. The van der Waals surface area contributed by atoms with Crippen LogP contribution in [0.4, 0.5) is 0 Å². The number of H-pyrrole nitrogens is 1. The highest BCUT2D eigenvalue weighted by Gasteiger charge is 2.39. The van der Waals surface area contributed by atoms with Crippen molar-refractivity contribution in [2.24, 2.45) is 0 Å². The Kier molecular flexibility index (Phi) is 3.36. The van der Waals surface area contributed by atoms with Crippen LogP contribution >= 0.6 is 0 Å². The molecular formula is C14H18N2O2. The third-order valence-corrected chi connectivity index (χ3v) is 3.90. The zero-order chi connectivity index (χ0) is 13.2. The predicted octanol–water partition coefficient (Wildman–Crippen LogP) is 3.55. The van der Waals surface area contributed by atoms with E-state index in [0.29, 0.717) is 19.3 Å². The molecule has 1 heterocycles. The Bertz CT molecular complexity index is 556. The van der Waals surface area contributed by atoms with Gasteiger partial charge in [-0.05, 0) is 11.6 Å². The number of nitro groups is 1. The molecule has 96 valence electrons. The fourth-order valence-electron chi connectivity index (χ4n) is 2.46. The van der Waals surface area contributed by atoms with Gasteiger partial charge in [-0.3, -0.25) is 10.1 Å². The van der Waals surface area contributed by atoms with Crippen molar-refractivity contribution in [1.82, 2.24) is 4.98 Å². The van der Waals surface area contributed by atoms with Gasteiger partial charge in [0.2, 0.25) is 5.54 Å². The molecule has 0 radical (unpaired) electrons. The summed E-state index contributed by atoms with van der Waals surface area (Å²) in [5, 5.41) is 12.4. The lowest BCUT2D eigenvalue weighted by molar-refractivity contribution is -0.571. The number of benzene rings is 1. The molecule has 0 fully saturated rings. The molecule has 0 bridgehead atoms. The quantitative estimate of drug-likeness (QED) is 0.648. The number of nitrogens with one attached hydrogen (secondary N) is 1. The minimum absolute atomic E-state index is 0.116. The topological polar surface area (TPSA) is 58.9 Å². The smallest absolute Gasteiger partial charge is 0.225 e. The summed E-state index contributed by atoms with van der Waals surface area (Å²) < 4.78 is 0. The van der Waals surface area contributed by atoms with Gasteiger partial charge in [0, 0.05) is 41.3 Å². The van der Waals surface area contributed by atoms with E-state index in [1.54, 1.807) is 0 Å². The van der Waals surface area contributed by atoms with Crippen molar-refractivity contribution < 1.29 is 4.92 Å². The number of para-hydroxylation sites is 1. The molecule has 2 rings (SSSR count). The number of aromatic amines is 1. The first-order valence-electron chi connectivity index (χ1n) is 6.32. The number of hydrogen-bond acceptors (Lipinski definition) is 2. The van der Waals surface area contributed by atoms with Gasteiger partial charge in [-0.2, -0.15) is 0 Å². The predicted molar refractivity (Wildman–Crippen MR) is 72.3 cm³/mol. The minimum Gasteiger partial charge on any atom is -0.361 e. The van der Waals surface area contributed by atoms with E-state index in [0.717, 1.165) is 16.5 Å². The molecule has 0 unspecified atom stereocenters. The molecule has 0 amide bonds. The van der Waals surface area contributed by atoms with E-state index in [1.807, 2.05) is 44.3 Å². The van der Waals surface area contributed by atoms with Gasteiger partial charge in [0.05, 0.1) is 0 Å². The summed E-state index contributed by atoms with van der Waals surface area (Å²) >= 11 is 0. The van der Waals surface area contributed by atoms with Gasteiger partial charge in [0.15, 0.2) is 0 Å². The fraction of sp³-hybridized carbons (Fsp3) is 0.429. The number of aromatic nitrogens is 1. The Labute approximate surface area is 106 Å². The van der Waals surface area contributed by atoms with Crippen LogP contribution in [0.1, 0.15) is 32.3 Å². The van der Waals surface area contributed by atoms with Crippen molar-refractivity contribution in [1.29, 1.82) is 0 Å². The second-order valence-corrected chi connectivity index (χ2v) is 4.72. The van der Waals surface area contributed by atoms with Crippen molar-refractivity contribution in [3.63, 3.8) is 0 Å². The molecule has 4 heteroatoms. The van der Waals surface area contributed by atoms with Gasteiger partial charge in [-0.1, -0.05) is 32.0 Å². The molecule has 18 heavy (non-hydrogen) atoms. The van der Waals surface area contributed by atoms with E-state index < -0.39 is 5.54 Å². The van der Waals surface area contributed by atoms with Crippen LogP contribution in [0, 0.1) is 10.1 Å². The third kappa shape index (κ3) is 1.98. The van der Waals surface area contributed by atoms with Gasteiger partial charge >= 0.3 is 0 Å². The molecule has 0 saturated heterocycles. The van der Waals surface area contributed by atoms with Crippen molar-refractivity contribution in [3.05, 3.63) is 46.1 Å². The van der Waals surface area contributed by atoms with Gasteiger partial charge in [0.25, 0.3) is 0 Å². The molecule has 1 N–H and O–H groups in total. The van der Waals surface area contributed by atoms with E-state index in [9.17, 15) is 10.1 Å². The zero-order valence-electron chi connectivity index (χ0n) is 10.8. The van der Waals surface area contributed by atoms with E-state index >= 15 is 0 Å². The fourth-order valence-corrected chi connectivity index (χ4v) is 2.46. The lowest BCUT2D eigenvalue weighted by Crippen LogP contribution is -2.39. The summed E-state index contributed by atoms with van der Waals surface area (Å²) in [4.78, 5) is 14.4. The van der Waals surface area contributed by atoms with Gasteiger partial charge < -0.3 is 4.98 Å². The summed E-state index contributed by atoms with van der Waals surface area (Å²) in [6.45, 7) is 3.78. The van der Waals surface area contributed by atoms with E-state index in [-0.39, 0.29) is 4.92 Å². The number of fused-ring (bicyclic) bond motifs is 1. The highest BCUT2D eigenvalue weighted by molar-refractivity contribution is 5.83. The number of hydrogen-bond donors (Lipinski definition) is 1. The maximum atomic E-state index is 11.3. The first kappa shape index (κ1) is 12.6. The van der Waals surface area contributed by atoms with Crippen LogP contribution in [0.3, 0.4) is 0 Å². The van der Waals surface area contributed by atoms with Crippen LogP contribution in [-0.2, 0) is 6.42 Å². The lowest BCUT2D eigenvalue weighted by atomic mass is 9.86. The minimum atomic E-state index is -0.842. The SMILES string of the molecule is CCC(CC)(Cc1c[nH]c2ccccc12)[N+](=O)[O-]. The second kappa shape index (κ2) is 4.80. The van der Waals surface area contributed by atoms with Crippen molar-refractivity contribution in [3.8, 4) is 0 Å². The second-order valence-electron chi connectivity index (χ2n) is 4.72. The van der Waals surface area contributed by atoms with Crippen LogP contribution in [-0.4, -0.2) is 15.4 Å². The number of nitrogens with zero attached hydrogens (tertiary/aromatic N) is 1. The first-order valence-corrected chi connectivity index (χ1v) is 6.32. The van der Waals surface area contributed by atoms with Gasteiger partial charge in [0.1, 0.15) is 0 Å². The van der Waals surface area contributed by atoms with Crippen LogP contribution in [0.25, 0.3) is 10.9 Å². The van der Waals surface area contributed by atoms with Crippen molar-refractivity contribution in [2.45, 2.75) is 38.6 Å². The molecule has 0 atom stereocenters. The Morgan fingerprint density at radius 3 is 2.56 bits per heavy atom. The van der Waals surface area contributed by atoms with E-state index in [1.165, 1.54) is 0 Å². The monoisotopic (exact) mass is 246 g/mol. The molecule has 4 nitrogen and oxygen atoms in total. The maximum Gasteiger partial charge on any atom is 0.225 e. The average Bonchev–Trinajstić information content (AvgIpc) is 2.79. The molecule has 0 aliphatic rings. The average molecular weight is 246 g/mol. The third-order valence-electron chi connectivity index (χ3n) is 3.90. The summed E-state index contributed by atoms with van der Waals surface area (Å²) in [6.07, 6.45) is 3.48.